The lowest BCUT2D eigenvalue weighted by Gasteiger charge is -2.36. The van der Waals surface area contributed by atoms with Crippen LogP contribution in [0.25, 0.3) is 0 Å². The second kappa shape index (κ2) is 8.99. The van der Waals surface area contributed by atoms with Crippen LogP contribution in [-0.2, 0) is 6.42 Å². The molecule has 2 unspecified atom stereocenters. The van der Waals surface area contributed by atoms with Crippen molar-refractivity contribution in [2.24, 2.45) is 0 Å². The number of benzene rings is 3. The van der Waals surface area contributed by atoms with Crippen molar-refractivity contribution in [2.75, 3.05) is 4.90 Å². The Kier molecular flexibility index (Phi) is 5.55. The molecular weight excluding hydrogens is 410 g/mol. The van der Waals surface area contributed by atoms with Gasteiger partial charge in [-0.05, 0) is 79.6 Å². The zero-order chi connectivity index (χ0) is 22.9. The van der Waals surface area contributed by atoms with Gasteiger partial charge in [0.05, 0.1) is 0 Å². The van der Waals surface area contributed by atoms with E-state index in [4.69, 9.17) is 0 Å². The van der Waals surface area contributed by atoms with E-state index >= 15 is 0 Å². The van der Waals surface area contributed by atoms with E-state index < -0.39 is 0 Å². The average Bonchev–Trinajstić information content (AvgIpc) is 2.90. The van der Waals surface area contributed by atoms with Gasteiger partial charge >= 0.3 is 0 Å². The van der Waals surface area contributed by atoms with Crippen LogP contribution in [0.1, 0.15) is 54.7 Å². The molecule has 0 bridgehead atoms. The van der Waals surface area contributed by atoms with Crippen molar-refractivity contribution in [3.8, 4) is 0 Å². The van der Waals surface area contributed by atoms with Crippen molar-refractivity contribution in [2.45, 2.75) is 44.4 Å². The molecule has 1 heteroatoms. The minimum atomic E-state index is 0.473. The molecule has 0 amide bonds. The molecule has 0 aromatic heterocycles. The van der Waals surface area contributed by atoms with Crippen LogP contribution in [0.5, 0.6) is 0 Å². The van der Waals surface area contributed by atoms with Crippen LogP contribution >= 0.6 is 0 Å². The van der Waals surface area contributed by atoms with E-state index in [2.05, 4.69) is 121 Å². The van der Waals surface area contributed by atoms with Gasteiger partial charge in [0.15, 0.2) is 0 Å². The standard InChI is InChI=1S/C33H31N/c1-24-11-13-25(14-12-24)26-17-20-30(21-18-26)34(29-8-3-2-4-9-29)31-22-19-28-16-15-27-7-5-6-10-32(27)33(28)23-31/h2-13,17-22,25,33H,14-16,23H2,1H3. The molecule has 0 fully saturated rings. The molecule has 3 aliphatic rings. The Balaban J connectivity index is 1.35. The summed E-state index contributed by atoms with van der Waals surface area (Å²) in [5, 5.41) is 0. The van der Waals surface area contributed by atoms with Gasteiger partial charge in [0.2, 0.25) is 0 Å². The van der Waals surface area contributed by atoms with Crippen molar-refractivity contribution in [1.82, 2.24) is 0 Å². The minimum Gasteiger partial charge on any atom is -0.314 e. The van der Waals surface area contributed by atoms with Crippen molar-refractivity contribution in [3.05, 3.63) is 143 Å². The molecule has 0 N–H and O–H groups in total. The van der Waals surface area contributed by atoms with Crippen molar-refractivity contribution in [1.29, 1.82) is 0 Å². The number of hydrogen-bond acceptors (Lipinski definition) is 1. The maximum Gasteiger partial charge on any atom is 0.0458 e. The van der Waals surface area contributed by atoms with Crippen LogP contribution in [0.4, 0.5) is 11.4 Å². The van der Waals surface area contributed by atoms with Crippen molar-refractivity contribution in [3.63, 3.8) is 0 Å². The third-order valence-electron chi connectivity index (χ3n) is 7.63. The van der Waals surface area contributed by atoms with E-state index in [1.807, 2.05) is 0 Å². The van der Waals surface area contributed by atoms with Gasteiger partial charge in [-0.25, -0.2) is 0 Å². The SMILES string of the molecule is CC1=CCC(c2ccc(N(C3=CC=C4CCc5ccccc5C4C3)c3ccccc3)cc2)C=C1. The summed E-state index contributed by atoms with van der Waals surface area (Å²) in [6.07, 6.45) is 16.1. The van der Waals surface area contributed by atoms with Gasteiger partial charge < -0.3 is 4.90 Å². The predicted molar refractivity (Wildman–Crippen MR) is 144 cm³/mol. The molecule has 0 radical (unpaired) electrons. The lowest BCUT2D eigenvalue weighted by Crippen LogP contribution is -2.23. The monoisotopic (exact) mass is 441 g/mol. The Morgan fingerprint density at radius 1 is 0.765 bits per heavy atom. The highest BCUT2D eigenvalue weighted by Crippen LogP contribution is 2.45. The van der Waals surface area contributed by atoms with E-state index in [0.29, 0.717) is 11.8 Å². The van der Waals surface area contributed by atoms with Gasteiger partial charge in [0, 0.05) is 28.9 Å². The van der Waals surface area contributed by atoms with Gasteiger partial charge in [-0.3, -0.25) is 0 Å². The van der Waals surface area contributed by atoms with E-state index in [1.54, 1.807) is 5.57 Å². The maximum absolute atomic E-state index is 2.45. The molecule has 2 atom stereocenters. The average molecular weight is 442 g/mol. The third-order valence-corrected chi connectivity index (χ3v) is 7.63. The summed E-state index contributed by atoms with van der Waals surface area (Å²) in [7, 11) is 0. The second-order valence-electron chi connectivity index (χ2n) is 9.77. The number of hydrogen-bond donors (Lipinski definition) is 0. The highest BCUT2D eigenvalue weighted by molar-refractivity contribution is 5.70. The summed E-state index contributed by atoms with van der Waals surface area (Å²) in [5.41, 5.74) is 11.2. The van der Waals surface area contributed by atoms with Gasteiger partial charge in [0.25, 0.3) is 0 Å². The van der Waals surface area contributed by atoms with Gasteiger partial charge in [0.1, 0.15) is 0 Å². The summed E-state index contributed by atoms with van der Waals surface area (Å²) in [6, 6.07) is 29.1. The Morgan fingerprint density at radius 3 is 2.32 bits per heavy atom. The van der Waals surface area contributed by atoms with Crippen LogP contribution in [0.3, 0.4) is 0 Å². The molecule has 0 spiro atoms. The van der Waals surface area contributed by atoms with Crippen LogP contribution in [0.15, 0.2) is 126 Å². The lowest BCUT2D eigenvalue weighted by atomic mass is 9.74. The van der Waals surface area contributed by atoms with Gasteiger partial charge in [-0.2, -0.15) is 0 Å². The molecule has 3 aliphatic carbocycles. The van der Waals surface area contributed by atoms with E-state index in [0.717, 1.165) is 19.3 Å². The Labute approximate surface area is 203 Å². The molecular formula is C33H31N. The van der Waals surface area contributed by atoms with Gasteiger partial charge in [-0.1, -0.05) is 90.0 Å². The van der Waals surface area contributed by atoms with E-state index in [-0.39, 0.29) is 0 Å². The third kappa shape index (κ3) is 3.96. The number of allylic oxidation sites excluding steroid dienone is 8. The van der Waals surface area contributed by atoms with E-state index in [9.17, 15) is 0 Å². The first-order chi connectivity index (χ1) is 16.8. The zero-order valence-corrected chi connectivity index (χ0v) is 19.8. The summed E-state index contributed by atoms with van der Waals surface area (Å²) < 4.78 is 0. The van der Waals surface area contributed by atoms with Crippen molar-refractivity contribution < 1.29 is 0 Å². The molecule has 0 aliphatic heterocycles. The summed E-state index contributed by atoms with van der Waals surface area (Å²) in [6.45, 7) is 2.18. The predicted octanol–water partition coefficient (Wildman–Crippen LogP) is 8.76. The Bertz CT molecular complexity index is 1300. The summed E-state index contributed by atoms with van der Waals surface area (Å²) >= 11 is 0. The number of fused-ring (bicyclic) bond motifs is 3. The normalized spacial score (nSPS) is 21.0. The maximum atomic E-state index is 2.45. The fourth-order valence-corrected chi connectivity index (χ4v) is 5.74. The molecule has 0 saturated heterocycles. The first-order valence-electron chi connectivity index (χ1n) is 12.5. The number of nitrogens with zero attached hydrogens (tertiary/aromatic N) is 1. The first-order valence-corrected chi connectivity index (χ1v) is 12.5. The lowest BCUT2D eigenvalue weighted by molar-refractivity contribution is 0.664. The van der Waals surface area contributed by atoms with Crippen LogP contribution in [0.2, 0.25) is 0 Å². The fraction of sp³-hybridized carbons (Fsp3) is 0.212. The van der Waals surface area contributed by atoms with Crippen LogP contribution < -0.4 is 4.90 Å². The minimum absolute atomic E-state index is 0.473. The number of rotatable bonds is 4. The summed E-state index contributed by atoms with van der Waals surface area (Å²) in [4.78, 5) is 2.45. The highest BCUT2D eigenvalue weighted by atomic mass is 15.1. The topological polar surface area (TPSA) is 3.24 Å². The molecule has 34 heavy (non-hydrogen) atoms. The Morgan fingerprint density at radius 2 is 1.53 bits per heavy atom. The second-order valence-corrected chi connectivity index (χ2v) is 9.77. The first kappa shape index (κ1) is 21.0. The quantitative estimate of drug-likeness (QED) is 0.391. The summed E-state index contributed by atoms with van der Waals surface area (Å²) in [5.74, 6) is 0.957. The van der Waals surface area contributed by atoms with Crippen molar-refractivity contribution >= 4 is 11.4 Å². The fourth-order valence-electron chi connectivity index (χ4n) is 5.74. The number of anilines is 2. The molecule has 3 aromatic carbocycles. The zero-order valence-electron chi connectivity index (χ0n) is 19.8. The Hall–Kier alpha value is -3.58. The van der Waals surface area contributed by atoms with E-state index in [1.165, 1.54) is 45.8 Å². The number of aryl methyl sites for hydroxylation is 1. The van der Waals surface area contributed by atoms with Crippen LogP contribution in [0, 0.1) is 0 Å². The molecule has 0 heterocycles. The molecule has 1 nitrogen and oxygen atoms in total. The smallest absolute Gasteiger partial charge is 0.0458 e. The molecule has 3 aromatic rings. The van der Waals surface area contributed by atoms with Crippen LogP contribution in [-0.4, -0.2) is 0 Å². The molecule has 6 rings (SSSR count). The molecule has 168 valence electrons. The van der Waals surface area contributed by atoms with Gasteiger partial charge in [-0.15, -0.1) is 0 Å². The molecule has 0 saturated carbocycles. The highest BCUT2D eigenvalue weighted by Gasteiger charge is 2.29. The number of para-hydroxylation sites is 1. The largest absolute Gasteiger partial charge is 0.314 e.